The van der Waals surface area contributed by atoms with Gasteiger partial charge < -0.3 is 5.11 Å². The molecule has 0 spiro atoms. The zero-order chi connectivity index (χ0) is 11.7. The van der Waals surface area contributed by atoms with Gasteiger partial charge in [0.1, 0.15) is 11.9 Å². The SMILES string of the molecule is Cc1ccc(C2N[C@@H](C(=O)O)CS2)cc1F. The molecule has 0 bridgehead atoms. The highest BCUT2D eigenvalue weighted by molar-refractivity contribution is 7.99. The monoisotopic (exact) mass is 241 g/mol. The Balaban J connectivity index is 2.14. The van der Waals surface area contributed by atoms with Gasteiger partial charge in [0.15, 0.2) is 0 Å². The zero-order valence-electron chi connectivity index (χ0n) is 8.74. The van der Waals surface area contributed by atoms with E-state index in [9.17, 15) is 9.18 Å². The quantitative estimate of drug-likeness (QED) is 0.830. The van der Waals surface area contributed by atoms with Crippen LogP contribution in [0.3, 0.4) is 0 Å². The van der Waals surface area contributed by atoms with Crippen molar-refractivity contribution in [1.82, 2.24) is 5.32 Å². The number of carboxylic acids is 1. The van der Waals surface area contributed by atoms with Crippen molar-refractivity contribution in [2.24, 2.45) is 0 Å². The average molecular weight is 241 g/mol. The van der Waals surface area contributed by atoms with E-state index < -0.39 is 12.0 Å². The van der Waals surface area contributed by atoms with Crippen LogP contribution in [0.4, 0.5) is 4.39 Å². The maximum atomic E-state index is 13.3. The van der Waals surface area contributed by atoms with Crippen molar-refractivity contribution in [3.63, 3.8) is 0 Å². The number of carbonyl (C=O) groups is 1. The molecule has 0 radical (unpaired) electrons. The molecule has 1 aliphatic heterocycles. The van der Waals surface area contributed by atoms with Crippen molar-refractivity contribution in [1.29, 1.82) is 0 Å². The van der Waals surface area contributed by atoms with Crippen molar-refractivity contribution >= 4 is 17.7 Å². The van der Waals surface area contributed by atoms with Gasteiger partial charge in [-0.1, -0.05) is 12.1 Å². The van der Waals surface area contributed by atoms with Gasteiger partial charge in [-0.05, 0) is 24.1 Å². The third-order valence-corrected chi connectivity index (χ3v) is 3.85. The van der Waals surface area contributed by atoms with Crippen LogP contribution in [-0.2, 0) is 4.79 Å². The lowest BCUT2D eigenvalue weighted by Crippen LogP contribution is -2.33. The molecular formula is C11H12FNO2S. The fraction of sp³-hybridized carbons (Fsp3) is 0.364. The second-order valence-corrected chi connectivity index (χ2v) is 4.92. The van der Waals surface area contributed by atoms with Gasteiger partial charge in [0.05, 0.1) is 5.37 Å². The van der Waals surface area contributed by atoms with E-state index >= 15 is 0 Å². The smallest absolute Gasteiger partial charge is 0.321 e. The number of benzene rings is 1. The Labute approximate surface area is 97.0 Å². The summed E-state index contributed by atoms with van der Waals surface area (Å²) in [6.45, 7) is 1.70. The van der Waals surface area contributed by atoms with Crippen LogP contribution in [0.1, 0.15) is 16.5 Å². The highest BCUT2D eigenvalue weighted by atomic mass is 32.2. The van der Waals surface area contributed by atoms with Gasteiger partial charge in [-0.15, -0.1) is 11.8 Å². The molecule has 0 aliphatic carbocycles. The van der Waals surface area contributed by atoms with Crippen LogP contribution in [-0.4, -0.2) is 22.9 Å². The summed E-state index contributed by atoms with van der Waals surface area (Å²) in [6.07, 6.45) is 0. The summed E-state index contributed by atoms with van der Waals surface area (Å²) in [5.41, 5.74) is 1.39. The van der Waals surface area contributed by atoms with E-state index in [0.29, 0.717) is 11.3 Å². The lowest BCUT2D eigenvalue weighted by molar-refractivity contribution is -0.138. The Kier molecular flexibility index (Phi) is 3.16. The van der Waals surface area contributed by atoms with Crippen molar-refractivity contribution in [3.8, 4) is 0 Å². The normalized spacial score (nSPS) is 24.6. The number of aliphatic carboxylic acids is 1. The maximum Gasteiger partial charge on any atom is 0.321 e. The van der Waals surface area contributed by atoms with Crippen LogP contribution >= 0.6 is 11.8 Å². The van der Waals surface area contributed by atoms with Gasteiger partial charge in [0, 0.05) is 5.75 Å². The average Bonchev–Trinajstić information content (AvgIpc) is 2.71. The highest BCUT2D eigenvalue weighted by Gasteiger charge is 2.30. The van der Waals surface area contributed by atoms with Crippen LogP contribution in [0.5, 0.6) is 0 Å². The van der Waals surface area contributed by atoms with E-state index in [2.05, 4.69) is 5.32 Å². The van der Waals surface area contributed by atoms with E-state index in [-0.39, 0.29) is 11.2 Å². The van der Waals surface area contributed by atoms with Crippen LogP contribution in [0.15, 0.2) is 18.2 Å². The minimum Gasteiger partial charge on any atom is -0.480 e. The van der Waals surface area contributed by atoms with E-state index in [1.54, 1.807) is 13.0 Å². The van der Waals surface area contributed by atoms with E-state index in [1.807, 2.05) is 6.07 Å². The molecule has 0 amide bonds. The standard InChI is InChI=1S/C11H12FNO2S/c1-6-2-3-7(4-8(6)12)10-13-9(5-16-10)11(14)15/h2-4,9-10,13H,5H2,1H3,(H,14,15)/t9-,10?/m1/s1. The topological polar surface area (TPSA) is 49.3 Å². The molecule has 0 saturated carbocycles. The number of hydrogen-bond acceptors (Lipinski definition) is 3. The molecule has 1 saturated heterocycles. The van der Waals surface area contributed by atoms with Gasteiger partial charge in [0.25, 0.3) is 0 Å². The Morgan fingerprint density at radius 3 is 2.94 bits per heavy atom. The number of thioether (sulfide) groups is 1. The molecule has 1 aromatic rings. The summed E-state index contributed by atoms with van der Waals surface area (Å²) in [5, 5.41) is 11.6. The number of nitrogens with one attached hydrogen (secondary N) is 1. The van der Waals surface area contributed by atoms with Crippen LogP contribution in [0.25, 0.3) is 0 Å². The molecule has 2 atom stereocenters. The van der Waals surface area contributed by atoms with Gasteiger partial charge in [-0.25, -0.2) is 4.39 Å². The van der Waals surface area contributed by atoms with Gasteiger partial charge in [0.2, 0.25) is 0 Å². The Morgan fingerprint density at radius 1 is 1.62 bits per heavy atom. The minimum absolute atomic E-state index is 0.129. The zero-order valence-corrected chi connectivity index (χ0v) is 9.55. The number of carboxylic acid groups (broad SMARTS) is 1. The molecule has 0 aromatic heterocycles. The van der Waals surface area contributed by atoms with Crippen LogP contribution in [0.2, 0.25) is 0 Å². The first kappa shape index (κ1) is 11.4. The molecule has 16 heavy (non-hydrogen) atoms. The molecule has 1 fully saturated rings. The summed E-state index contributed by atoms with van der Waals surface area (Å²) >= 11 is 1.49. The number of hydrogen-bond donors (Lipinski definition) is 2. The summed E-state index contributed by atoms with van der Waals surface area (Å²) in [4.78, 5) is 10.7. The second-order valence-electron chi connectivity index (χ2n) is 3.78. The largest absolute Gasteiger partial charge is 0.480 e. The molecule has 2 N–H and O–H groups in total. The van der Waals surface area contributed by atoms with Crippen molar-refractivity contribution < 1.29 is 14.3 Å². The fourth-order valence-corrected chi connectivity index (χ4v) is 2.80. The number of halogens is 1. The van der Waals surface area contributed by atoms with Gasteiger partial charge >= 0.3 is 5.97 Å². The summed E-state index contributed by atoms with van der Waals surface area (Å²) in [6, 6.07) is 4.46. The van der Waals surface area contributed by atoms with Crippen molar-refractivity contribution in [3.05, 3.63) is 35.1 Å². The minimum atomic E-state index is -0.859. The van der Waals surface area contributed by atoms with Gasteiger partial charge in [-0.2, -0.15) is 0 Å². The summed E-state index contributed by atoms with van der Waals surface area (Å²) in [5.74, 6) is -0.601. The predicted molar refractivity (Wildman–Crippen MR) is 60.9 cm³/mol. The molecule has 2 rings (SSSR count). The van der Waals surface area contributed by atoms with E-state index in [0.717, 1.165) is 5.56 Å². The number of rotatable bonds is 2. The molecule has 86 valence electrons. The molecule has 3 nitrogen and oxygen atoms in total. The summed E-state index contributed by atoms with van der Waals surface area (Å²) < 4.78 is 13.3. The van der Waals surface area contributed by atoms with Crippen LogP contribution in [0, 0.1) is 12.7 Å². The first-order chi connectivity index (χ1) is 7.58. The lowest BCUT2D eigenvalue weighted by atomic mass is 10.1. The van der Waals surface area contributed by atoms with E-state index in [1.165, 1.54) is 17.8 Å². The van der Waals surface area contributed by atoms with Crippen molar-refractivity contribution in [2.75, 3.05) is 5.75 Å². The molecule has 1 aliphatic rings. The Hall–Kier alpha value is -1.07. The molecule has 1 heterocycles. The predicted octanol–water partition coefficient (Wildman–Crippen LogP) is 1.92. The second kappa shape index (κ2) is 4.43. The Morgan fingerprint density at radius 2 is 2.38 bits per heavy atom. The molecule has 1 unspecified atom stereocenters. The highest BCUT2D eigenvalue weighted by Crippen LogP contribution is 2.33. The van der Waals surface area contributed by atoms with E-state index in [4.69, 9.17) is 5.11 Å². The molecule has 5 heteroatoms. The van der Waals surface area contributed by atoms with Crippen molar-refractivity contribution in [2.45, 2.75) is 18.3 Å². The third kappa shape index (κ3) is 2.20. The third-order valence-electron chi connectivity index (χ3n) is 2.58. The lowest BCUT2D eigenvalue weighted by Gasteiger charge is -2.11. The number of aryl methyl sites for hydroxylation is 1. The summed E-state index contributed by atoms with van der Waals surface area (Å²) in [7, 11) is 0. The van der Waals surface area contributed by atoms with Crippen LogP contribution < -0.4 is 5.32 Å². The molecular weight excluding hydrogens is 229 g/mol. The first-order valence-corrected chi connectivity index (χ1v) is 5.99. The maximum absolute atomic E-state index is 13.3. The fourth-order valence-electron chi connectivity index (χ4n) is 1.58. The first-order valence-electron chi connectivity index (χ1n) is 4.94. The van der Waals surface area contributed by atoms with Gasteiger partial charge in [-0.3, -0.25) is 10.1 Å². The Bertz CT molecular complexity index is 424. The molecule has 1 aromatic carbocycles.